The maximum absolute atomic E-state index is 13.5. The third-order valence-corrected chi connectivity index (χ3v) is 6.36. The van der Waals surface area contributed by atoms with Gasteiger partial charge in [0, 0.05) is 37.0 Å². The molecule has 2 amide bonds. The van der Waals surface area contributed by atoms with E-state index in [1.54, 1.807) is 10.9 Å². The molecule has 3 aromatic carbocycles. The minimum Gasteiger partial charge on any atom is -0.338 e. The molecular weight excluding hydrogens is 436 g/mol. The number of rotatable bonds is 6. The van der Waals surface area contributed by atoms with Crippen LogP contribution in [0.5, 0.6) is 0 Å². The molecular formula is C29H28N4O2. The Bertz CT molecular complexity index is 1360. The number of likely N-dealkylation sites (tertiary alicyclic amines) is 1. The Balaban J connectivity index is 1.44. The Labute approximate surface area is 205 Å². The van der Waals surface area contributed by atoms with Crippen LogP contribution in [-0.4, -0.2) is 33.0 Å². The van der Waals surface area contributed by atoms with Crippen molar-refractivity contribution in [3.05, 3.63) is 102 Å². The van der Waals surface area contributed by atoms with Crippen LogP contribution in [0.25, 0.3) is 16.9 Å². The van der Waals surface area contributed by atoms with Crippen molar-refractivity contribution in [2.75, 3.05) is 11.9 Å². The van der Waals surface area contributed by atoms with Gasteiger partial charge in [0.15, 0.2) is 0 Å². The summed E-state index contributed by atoms with van der Waals surface area (Å²) < 4.78 is 1.75. The standard InChI is InChI=1S/C29H28N4O2/c1-21-10-5-6-15-25(21)28-26(20-33(31-28)24-13-3-2-4-14-24)29(35)30-23-12-9-11-22(18-23)19-32-17-8-7-16-27(32)34/h2-6,9-15,18,20H,7-8,16-17,19H2,1H3,(H,30,35). The molecule has 35 heavy (non-hydrogen) atoms. The summed E-state index contributed by atoms with van der Waals surface area (Å²) in [5, 5.41) is 7.83. The van der Waals surface area contributed by atoms with Crippen molar-refractivity contribution >= 4 is 17.5 Å². The topological polar surface area (TPSA) is 67.2 Å². The molecule has 4 aromatic rings. The molecule has 1 aliphatic rings. The molecule has 0 atom stereocenters. The summed E-state index contributed by atoms with van der Waals surface area (Å²) in [6, 6.07) is 25.4. The second-order valence-electron chi connectivity index (χ2n) is 8.91. The fourth-order valence-corrected chi connectivity index (χ4v) is 4.49. The average molecular weight is 465 g/mol. The van der Waals surface area contributed by atoms with Crippen LogP contribution in [0.4, 0.5) is 5.69 Å². The average Bonchev–Trinajstić information content (AvgIpc) is 3.32. The molecule has 0 unspecified atom stereocenters. The fourth-order valence-electron chi connectivity index (χ4n) is 4.49. The van der Waals surface area contributed by atoms with Gasteiger partial charge in [-0.25, -0.2) is 4.68 Å². The summed E-state index contributed by atoms with van der Waals surface area (Å²) in [7, 11) is 0. The quantitative estimate of drug-likeness (QED) is 0.403. The van der Waals surface area contributed by atoms with Crippen LogP contribution >= 0.6 is 0 Å². The lowest BCUT2D eigenvalue weighted by molar-refractivity contribution is -0.133. The van der Waals surface area contributed by atoms with Gasteiger partial charge >= 0.3 is 0 Å². The third-order valence-electron chi connectivity index (χ3n) is 6.36. The maximum Gasteiger partial charge on any atom is 0.259 e. The van der Waals surface area contributed by atoms with E-state index in [0.29, 0.717) is 29.9 Å². The van der Waals surface area contributed by atoms with E-state index in [1.807, 2.05) is 90.7 Å². The molecule has 1 aromatic heterocycles. The van der Waals surface area contributed by atoms with E-state index >= 15 is 0 Å². The number of carbonyl (C=O) groups is 2. The predicted octanol–water partition coefficient (Wildman–Crippen LogP) is 5.61. The molecule has 0 bridgehead atoms. The van der Waals surface area contributed by atoms with E-state index in [1.165, 1.54) is 0 Å². The minimum absolute atomic E-state index is 0.196. The lowest BCUT2D eigenvalue weighted by Crippen LogP contribution is -2.34. The molecule has 6 heteroatoms. The van der Waals surface area contributed by atoms with Gasteiger partial charge in [-0.1, -0.05) is 54.6 Å². The number of nitrogens with zero attached hydrogens (tertiary/aromatic N) is 3. The number of amides is 2. The number of aryl methyl sites for hydroxylation is 1. The van der Waals surface area contributed by atoms with Gasteiger partial charge in [0.1, 0.15) is 5.69 Å². The van der Waals surface area contributed by atoms with Crippen molar-refractivity contribution in [3.63, 3.8) is 0 Å². The van der Waals surface area contributed by atoms with Crippen molar-refractivity contribution < 1.29 is 9.59 Å². The smallest absolute Gasteiger partial charge is 0.259 e. The van der Waals surface area contributed by atoms with Gasteiger partial charge in [-0.2, -0.15) is 5.10 Å². The van der Waals surface area contributed by atoms with Crippen molar-refractivity contribution in [2.24, 2.45) is 0 Å². The number of anilines is 1. The SMILES string of the molecule is Cc1ccccc1-c1nn(-c2ccccc2)cc1C(=O)Nc1cccc(CN2CCCCC2=O)c1. The van der Waals surface area contributed by atoms with Crippen LogP contribution in [0.3, 0.4) is 0 Å². The van der Waals surface area contributed by atoms with Crippen LogP contribution in [0.1, 0.15) is 40.7 Å². The summed E-state index contributed by atoms with van der Waals surface area (Å²) in [6.45, 7) is 3.36. The van der Waals surface area contributed by atoms with E-state index in [0.717, 1.165) is 41.8 Å². The molecule has 0 spiro atoms. The van der Waals surface area contributed by atoms with Crippen LogP contribution in [0, 0.1) is 6.92 Å². The van der Waals surface area contributed by atoms with E-state index in [4.69, 9.17) is 5.10 Å². The highest BCUT2D eigenvalue weighted by Crippen LogP contribution is 2.27. The molecule has 176 valence electrons. The van der Waals surface area contributed by atoms with E-state index in [-0.39, 0.29) is 11.8 Å². The Hall–Kier alpha value is -4.19. The minimum atomic E-state index is -0.225. The number of benzene rings is 3. The Morgan fingerprint density at radius 2 is 1.77 bits per heavy atom. The van der Waals surface area contributed by atoms with Crippen LogP contribution < -0.4 is 5.32 Å². The lowest BCUT2D eigenvalue weighted by Gasteiger charge is -2.26. The van der Waals surface area contributed by atoms with Crippen LogP contribution in [0.15, 0.2) is 85.1 Å². The first-order chi connectivity index (χ1) is 17.1. The van der Waals surface area contributed by atoms with Crippen LogP contribution in [-0.2, 0) is 11.3 Å². The zero-order valence-electron chi connectivity index (χ0n) is 19.8. The highest BCUT2D eigenvalue weighted by molar-refractivity contribution is 6.08. The molecule has 0 radical (unpaired) electrons. The first-order valence-electron chi connectivity index (χ1n) is 12.0. The van der Waals surface area contributed by atoms with Crippen molar-refractivity contribution in [2.45, 2.75) is 32.7 Å². The Morgan fingerprint density at radius 3 is 2.57 bits per heavy atom. The molecule has 1 N–H and O–H groups in total. The number of nitrogens with one attached hydrogen (secondary N) is 1. The molecule has 0 aliphatic carbocycles. The van der Waals surface area contributed by atoms with Gasteiger partial charge in [0.05, 0.1) is 11.3 Å². The van der Waals surface area contributed by atoms with Gasteiger partial charge in [-0.15, -0.1) is 0 Å². The second-order valence-corrected chi connectivity index (χ2v) is 8.91. The van der Waals surface area contributed by atoms with Gasteiger partial charge in [-0.05, 0) is 55.2 Å². The van der Waals surface area contributed by atoms with Gasteiger partial charge in [0.2, 0.25) is 5.91 Å². The number of piperidine rings is 1. The van der Waals surface area contributed by atoms with E-state index in [2.05, 4.69) is 5.32 Å². The maximum atomic E-state index is 13.5. The first-order valence-corrected chi connectivity index (χ1v) is 12.0. The predicted molar refractivity (Wildman–Crippen MR) is 137 cm³/mol. The van der Waals surface area contributed by atoms with E-state index < -0.39 is 0 Å². The summed E-state index contributed by atoms with van der Waals surface area (Å²) in [5.74, 6) is -0.0291. The normalized spacial score (nSPS) is 13.6. The number of carbonyl (C=O) groups excluding carboxylic acids is 2. The first kappa shape index (κ1) is 22.6. The number of hydrogen-bond acceptors (Lipinski definition) is 3. The Morgan fingerprint density at radius 1 is 0.971 bits per heavy atom. The number of para-hydroxylation sites is 1. The van der Waals surface area contributed by atoms with Gasteiger partial charge in [0.25, 0.3) is 5.91 Å². The zero-order chi connectivity index (χ0) is 24.2. The highest BCUT2D eigenvalue weighted by Gasteiger charge is 2.21. The summed E-state index contributed by atoms with van der Waals surface area (Å²) in [6.07, 6.45) is 4.40. The molecule has 6 nitrogen and oxygen atoms in total. The molecule has 2 heterocycles. The fraction of sp³-hybridized carbons (Fsp3) is 0.207. The molecule has 1 fully saturated rings. The summed E-state index contributed by atoms with van der Waals surface area (Å²) in [4.78, 5) is 27.6. The lowest BCUT2D eigenvalue weighted by atomic mass is 10.0. The third kappa shape index (κ3) is 5.01. The molecule has 5 rings (SSSR count). The molecule has 1 aliphatic heterocycles. The van der Waals surface area contributed by atoms with Crippen molar-refractivity contribution in [1.29, 1.82) is 0 Å². The van der Waals surface area contributed by atoms with Crippen LogP contribution in [0.2, 0.25) is 0 Å². The largest absolute Gasteiger partial charge is 0.338 e. The zero-order valence-corrected chi connectivity index (χ0v) is 19.8. The summed E-state index contributed by atoms with van der Waals surface area (Å²) >= 11 is 0. The second kappa shape index (κ2) is 9.97. The summed E-state index contributed by atoms with van der Waals surface area (Å²) in [5.41, 5.74) is 5.68. The monoisotopic (exact) mass is 464 g/mol. The number of hydrogen-bond donors (Lipinski definition) is 1. The van der Waals surface area contributed by atoms with E-state index in [9.17, 15) is 9.59 Å². The Kier molecular flexibility index (Phi) is 6.44. The molecule has 1 saturated heterocycles. The highest BCUT2D eigenvalue weighted by atomic mass is 16.2. The molecule has 0 saturated carbocycles. The van der Waals surface area contributed by atoms with Gasteiger partial charge in [-0.3, -0.25) is 9.59 Å². The van der Waals surface area contributed by atoms with Crippen molar-refractivity contribution in [1.82, 2.24) is 14.7 Å². The van der Waals surface area contributed by atoms with Gasteiger partial charge < -0.3 is 10.2 Å². The van der Waals surface area contributed by atoms with Crippen molar-refractivity contribution in [3.8, 4) is 16.9 Å². The number of aromatic nitrogens is 2.